The largest absolute Gasteiger partial charge is 0.440 e. The summed E-state index contributed by atoms with van der Waals surface area (Å²) in [4.78, 5) is 16.8. The zero-order valence-electron chi connectivity index (χ0n) is 13.5. The van der Waals surface area contributed by atoms with Crippen LogP contribution in [-0.4, -0.2) is 28.6 Å². The van der Waals surface area contributed by atoms with Gasteiger partial charge >= 0.3 is 0 Å². The number of hydrogen-bond donors (Lipinski definition) is 2. The number of aromatic nitrogens is 1. The van der Waals surface area contributed by atoms with E-state index in [4.69, 9.17) is 4.42 Å². The first-order valence-corrected chi connectivity index (χ1v) is 8.08. The number of nitrogens with zero attached hydrogens (tertiary/aromatic N) is 1. The van der Waals surface area contributed by atoms with E-state index in [0.717, 1.165) is 18.4 Å². The van der Waals surface area contributed by atoms with Gasteiger partial charge in [-0.25, -0.2) is 4.98 Å². The molecule has 5 nitrogen and oxygen atoms in total. The van der Waals surface area contributed by atoms with Crippen LogP contribution in [0.2, 0.25) is 0 Å². The van der Waals surface area contributed by atoms with Crippen LogP contribution in [0.1, 0.15) is 48.9 Å². The van der Waals surface area contributed by atoms with E-state index in [1.807, 2.05) is 44.2 Å². The molecule has 0 radical (unpaired) electrons. The first-order valence-electron chi connectivity index (χ1n) is 8.08. The molecule has 1 aliphatic rings. The molecule has 1 unspecified atom stereocenters. The number of hydrogen-bond acceptors (Lipinski definition) is 4. The van der Waals surface area contributed by atoms with Crippen LogP contribution in [0.5, 0.6) is 0 Å². The lowest BCUT2D eigenvalue weighted by Gasteiger charge is -2.14. The van der Waals surface area contributed by atoms with Crippen LogP contribution >= 0.6 is 0 Å². The van der Waals surface area contributed by atoms with Crippen LogP contribution in [0.25, 0.3) is 11.5 Å². The average Bonchev–Trinajstić information content (AvgIpc) is 3.31. The number of amides is 1. The van der Waals surface area contributed by atoms with Gasteiger partial charge in [0.1, 0.15) is 5.76 Å². The Kier molecular flexibility index (Phi) is 4.48. The van der Waals surface area contributed by atoms with Gasteiger partial charge in [0.15, 0.2) is 5.69 Å². The molecular formula is C18H22N2O3. The van der Waals surface area contributed by atoms with Gasteiger partial charge in [0.25, 0.3) is 5.91 Å². The van der Waals surface area contributed by atoms with Crippen LogP contribution in [0, 0.1) is 5.92 Å². The Bertz CT molecular complexity index is 675. The van der Waals surface area contributed by atoms with E-state index >= 15 is 0 Å². The molecular weight excluding hydrogens is 292 g/mol. The zero-order valence-corrected chi connectivity index (χ0v) is 13.5. The highest BCUT2D eigenvalue weighted by molar-refractivity contribution is 5.94. The van der Waals surface area contributed by atoms with Gasteiger partial charge in [-0.15, -0.1) is 0 Å². The minimum absolute atomic E-state index is 0.0930. The molecule has 1 amide bonds. The topological polar surface area (TPSA) is 75.4 Å². The summed E-state index contributed by atoms with van der Waals surface area (Å²) >= 11 is 0. The lowest BCUT2D eigenvalue weighted by molar-refractivity contribution is 0.0866. The summed E-state index contributed by atoms with van der Waals surface area (Å²) < 4.78 is 5.87. The number of carbonyl (C=O) groups excluding carboxylic acids is 1. The van der Waals surface area contributed by atoms with Crippen molar-refractivity contribution in [3.8, 4) is 11.5 Å². The fourth-order valence-corrected chi connectivity index (χ4v) is 2.34. The summed E-state index contributed by atoms with van der Waals surface area (Å²) in [5.41, 5.74) is 1.21. The summed E-state index contributed by atoms with van der Waals surface area (Å²) in [6.45, 7) is 4.04. The second-order valence-corrected chi connectivity index (χ2v) is 6.39. The van der Waals surface area contributed by atoms with Gasteiger partial charge < -0.3 is 14.8 Å². The van der Waals surface area contributed by atoms with Crippen molar-refractivity contribution in [3.05, 3.63) is 41.8 Å². The summed E-state index contributed by atoms with van der Waals surface area (Å²) in [6.07, 6.45) is 1.49. The van der Waals surface area contributed by atoms with Gasteiger partial charge in [0.05, 0.1) is 6.10 Å². The molecule has 0 aliphatic heterocycles. The smallest absolute Gasteiger partial charge is 0.273 e. The Balaban J connectivity index is 1.80. The van der Waals surface area contributed by atoms with Crippen molar-refractivity contribution < 1.29 is 14.3 Å². The Morgan fingerprint density at radius 1 is 1.35 bits per heavy atom. The third-order valence-electron chi connectivity index (χ3n) is 4.08. The molecule has 1 heterocycles. The van der Waals surface area contributed by atoms with E-state index in [1.165, 1.54) is 0 Å². The maximum Gasteiger partial charge on any atom is 0.273 e. The van der Waals surface area contributed by atoms with E-state index in [9.17, 15) is 9.90 Å². The van der Waals surface area contributed by atoms with Crippen molar-refractivity contribution in [1.29, 1.82) is 0 Å². The van der Waals surface area contributed by atoms with Gasteiger partial charge in [-0.1, -0.05) is 32.0 Å². The van der Waals surface area contributed by atoms with Crippen LogP contribution in [-0.2, 0) is 0 Å². The van der Waals surface area contributed by atoms with Crippen LogP contribution in [0.3, 0.4) is 0 Å². The molecule has 2 aromatic rings. The van der Waals surface area contributed by atoms with Gasteiger partial charge in [-0.3, -0.25) is 4.79 Å². The van der Waals surface area contributed by atoms with E-state index < -0.39 is 6.10 Å². The maximum absolute atomic E-state index is 12.4. The zero-order chi connectivity index (χ0) is 16.4. The molecule has 0 saturated heterocycles. The van der Waals surface area contributed by atoms with E-state index in [2.05, 4.69) is 10.3 Å². The Hall–Kier alpha value is -2.14. The van der Waals surface area contributed by atoms with E-state index in [-0.39, 0.29) is 24.3 Å². The van der Waals surface area contributed by atoms with Crippen molar-refractivity contribution >= 4 is 5.91 Å². The highest BCUT2D eigenvalue weighted by Gasteiger charge is 2.34. The molecule has 1 aliphatic carbocycles. The minimum Gasteiger partial charge on any atom is -0.440 e. The van der Waals surface area contributed by atoms with Crippen molar-refractivity contribution in [2.75, 3.05) is 6.54 Å². The number of oxazole rings is 1. The lowest BCUT2D eigenvalue weighted by atomic mass is 10.1. The highest BCUT2D eigenvalue weighted by Crippen LogP contribution is 2.43. The van der Waals surface area contributed by atoms with Crippen molar-refractivity contribution in [2.24, 2.45) is 5.92 Å². The first-order chi connectivity index (χ1) is 11.1. The van der Waals surface area contributed by atoms with Crippen molar-refractivity contribution in [2.45, 2.75) is 38.7 Å². The van der Waals surface area contributed by atoms with E-state index in [0.29, 0.717) is 17.3 Å². The molecule has 5 heteroatoms. The number of nitrogens with one attached hydrogen (secondary N) is 1. The molecule has 1 fully saturated rings. The Morgan fingerprint density at radius 2 is 2.04 bits per heavy atom. The predicted octanol–water partition coefficient (Wildman–Crippen LogP) is 2.97. The van der Waals surface area contributed by atoms with Crippen LogP contribution in [0.4, 0.5) is 0 Å². The molecule has 1 aromatic carbocycles. The predicted molar refractivity (Wildman–Crippen MR) is 87.1 cm³/mol. The molecule has 1 saturated carbocycles. The fraction of sp³-hybridized carbons (Fsp3) is 0.444. The third-order valence-corrected chi connectivity index (χ3v) is 4.08. The summed E-state index contributed by atoms with van der Waals surface area (Å²) in [5, 5.41) is 12.6. The van der Waals surface area contributed by atoms with Gasteiger partial charge in [0.2, 0.25) is 5.89 Å². The summed E-state index contributed by atoms with van der Waals surface area (Å²) in [5.74, 6) is 1.24. The molecule has 2 N–H and O–H groups in total. The molecule has 3 rings (SSSR count). The Morgan fingerprint density at radius 3 is 2.65 bits per heavy atom. The van der Waals surface area contributed by atoms with Crippen molar-refractivity contribution in [3.63, 3.8) is 0 Å². The van der Waals surface area contributed by atoms with Gasteiger partial charge in [-0.05, 0) is 30.9 Å². The van der Waals surface area contributed by atoms with Crippen LogP contribution < -0.4 is 5.32 Å². The monoisotopic (exact) mass is 314 g/mol. The number of aliphatic hydroxyl groups excluding tert-OH is 1. The highest BCUT2D eigenvalue weighted by atomic mass is 16.4. The summed E-state index contributed by atoms with van der Waals surface area (Å²) in [7, 11) is 0. The van der Waals surface area contributed by atoms with E-state index in [1.54, 1.807) is 0 Å². The number of rotatable bonds is 6. The molecule has 0 bridgehead atoms. The number of carbonyl (C=O) groups is 1. The SMILES string of the molecule is CC(C)C(O)CNC(=O)c1nc(-c2ccccc2)oc1C1CC1. The second-order valence-electron chi connectivity index (χ2n) is 6.39. The maximum atomic E-state index is 12.4. The standard InChI is InChI=1S/C18H22N2O3/c1-11(2)14(21)10-19-17(22)15-16(12-8-9-12)23-18(20-15)13-6-4-3-5-7-13/h3-7,11-12,14,21H,8-10H2,1-2H3,(H,19,22). The first kappa shape index (κ1) is 15.7. The molecule has 23 heavy (non-hydrogen) atoms. The lowest BCUT2D eigenvalue weighted by Crippen LogP contribution is -2.35. The second kappa shape index (κ2) is 6.54. The minimum atomic E-state index is -0.566. The van der Waals surface area contributed by atoms with Gasteiger partial charge in [0, 0.05) is 18.0 Å². The number of aliphatic hydroxyl groups is 1. The molecule has 1 atom stereocenters. The molecule has 1 aromatic heterocycles. The average molecular weight is 314 g/mol. The number of benzene rings is 1. The molecule has 0 spiro atoms. The van der Waals surface area contributed by atoms with Crippen molar-refractivity contribution in [1.82, 2.24) is 10.3 Å². The quantitative estimate of drug-likeness (QED) is 0.859. The third kappa shape index (κ3) is 3.62. The van der Waals surface area contributed by atoms with Gasteiger partial charge in [-0.2, -0.15) is 0 Å². The van der Waals surface area contributed by atoms with Crippen LogP contribution in [0.15, 0.2) is 34.7 Å². The summed E-state index contributed by atoms with van der Waals surface area (Å²) in [6, 6.07) is 9.57. The fourth-order valence-electron chi connectivity index (χ4n) is 2.34. The Labute approximate surface area is 135 Å². The normalized spacial score (nSPS) is 15.7. The molecule has 122 valence electrons.